The largest absolute Gasteiger partial charge is 0.497 e. The topological polar surface area (TPSA) is 92.6 Å². The van der Waals surface area contributed by atoms with Crippen molar-refractivity contribution in [2.24, 2.45) is 0 Å². The van der Waals surface area contributed by atoms with Gasteiger partial charge in [0.15, 0.2) is 0 Å². The average Bonchev–Trinajstić information content (AvgIpc) is 3.19. The van der Waals surface area contributed by atoms with Crippen LogP contribution in [0.5, 0.6) is 5.75 Å². The van der Waals surface area contributed by atoms with Gasteiger partial charge < -0.3 is 4.74 Å². The number of H-pyrrole nitrogens is 1. The Morgan fingerprint density at radius 2 is 1.84 bits per heavy atom. The maximum Gasteiger partial charge on any atom is 0.277 e. The Labute approximate surface area is 179 Å². The van der Waals surface area contributed by atoms with E-state index in [4.69, 9.17) is 4.74 Å². The smallest absolute Gasteiger partial charge is 0.277 e. The number of hydrogen-bond donors (Lipinski definition) is 1. The second-order valence-electron chi connectivity index (χ2n) is 7.42. The summed E-state index contributed by atoms with van der Waals surface area (Å²) in [4.78, 5) is 36.4. The van der Waals surface area contributed by atoms with Crippen molar-refractivity contribution in [2.45, 2.75) is 27.3 Å². The summed E-state index contributed by atoms with van der Waals surface area (Å²) in [6.07, 6.45) is 0. The highest BCUT2D eigenvalue weighted by atomic mass is 16.5. The molecule has 0 spiro atoms. The number of nitrogens with zero attached hydrogens (tertiary/aromatic N) is 4. The number of amides is 1. The van der Waals surface area contributed by atoms with Crippen molar-refractivity contribution in [3.05, 3.63) is 86.8 Å². The Morgan fingerprint density at radius 1 is 1.10 bits per heavy atom. The zero-order valence-corrected chi connectivity index (χ0v) is 17.8. The first kappa shape index (κ1) is 20.3. The fourth-order valence-electron chi connectivity index (χ4n) is 3.30. The third-order valence-electron chi connectivity index (χ3n) is 5.22. The van der Waals surface area contributed by atoms with E-state index in [9.17, 15) is 9.59 Å². The number of rotatable bonds is 5. The molecule has 158 valence electrons. The molecule has 0 radical (unpaired) electrons. The van der Waals surface area contributed by atoms with Gasteiger partial charge in [0.25, 0.3) is 17.2 Å². The van der Waals surface area contributed by atoms with Crippen molar-refractivity contribution in [3.63, 3.8) is 0 Å². The second kappa shape index (κ2) is 8.06. The lowest BCUT2D eigenvalue weighted by molar-refractivity contribution is 0.0983. The van der Waals surface area contributed by atoms with E-state index < -0.39 is 0 Å². The monoisotopic (exact) mass is 417 g/mol. The van der Waals surface area contributed by atoms with Gasteiger partial charge >= 0.3 is 0 Å². The molecule has 2 aromatic carbocycles. The van der Waals surface area contributed by atoms with Crippen LogP contribution in [0.15, 0.2) is 53.3 Å². The summed E-state index contributed by atoms with van der Waals surface area (Å²) in [5.74, 6) is 0.961. The number of nitrogens with one attached hydrogen (secondary N) is 1. The van der Waals surface area contributed by atoms with Crippen LogP contribution in [0.3, 0.4) is 0 Å². The third-order valence-corrected chi connectivity index (χ3v) is 5.22. The molecule has 2 aromatic heterocycles. The van der Waals surface area contributed by atoms with E-state index in [0.29, 0.717) is 16.8 Å². The summed E-state index contributed by atoms with van der Waals surface area (Å²) in [7, 11) is 1.60. The molecule has 1 N–H and O–H groups in total. The number of aromatic amines is 1. The summed E-state index contributed by atoms with van der Waals surface area (Å²) < 4.78 is 6.48. The van der Waals surface area contributed by atoms with Crippen molar-refractivity contribution in [2.75, 3.05) is 12.0 Å². The van der Waals surface area contributed by atoms with Crippen LogP contribution in [0.25, 0.3) is 5.78 Å². The van der Waals surface area contributed by atoms with Crippen LogP contribution in [0.2, 0.25) is 0 Å². The molecule has 0 aliphatic carbocycles. The molecular weight excluding hydrogens is 394 g/mol. The molecular formula is C23H23N5O3. The van der Waals surface area contributed by atoms with Crippen LogP contribution < -0.4 is 15.2 Å². The molecule has 0 aliphatic heterocycles. The van der Waals surface area contributed by atoms with Gasteiger partial charge in [-0.3, -0.25) is 19.6 Å². The highest BCUT2D eigenvalue weighted by Crippen LogP contribution is 2.20. The normalized spacial score (nSPS) is 11.0. The lowest BCUT2D eigenvalue weighted by Gasteiger charge is -2.20. The van der Waals surface area contributed by atoms with Crippen molar-refractivity contribution in [3.8, 4) is 5.75 Å². The van der Waals surface area contributed by atoms with E-state index >= 15 is 0 Å². The first-order valence-corrected chi connectivity index (χ1v) is 9.85. The molecule has 4 rings (SSSR count). The van der Waals surface area contributed by atoms with Gasteiger partial charge in [0.05, 0.1) is 13.7 Å². The first-order chi connectivity index (χ1) is 14.9. The molecule has 0 aliphatic rings. The van der Waals surface area contributed by atoms with Crippen LogP contribution in [0.1, 0.15) is 32.7 Å². The van der Waals surface area contributed by atoms with E-state index in [1.807, 2.05) is 49.4 Å². The molecule has 0 unspecified atom stereocenters. The number of fused-ring (bicyclic) bond motifs is 1. The van der Waals surface area contributed by atoms with E-state index in [1.165, 1.54) is 9.42 Å². The number of hydrogen-bond acceptors (Lipinski definition) is 5. The van der Waals surface area contributed by atoms with Crippen molar-refractivity contribution >= 4 is 17.6 Å². The summed E-state index contributed by atoms with van der Waals surface area (Å²) in [6.45, 7) is 5.66. The van der Waals surface area contributed by atoms with Crippen LogP contribution in [0, 0.1) is 20.8 Å². The number of carbonyl (C=O) groups is 1. The Bertz CT molecular complexity index is 1320. The lowest BCUT2D eigenvalue weighted by atomic mass is 10.1. The quantitative estimate of drug-likeness (QED) is 0.538. The highest BCUT2D eigenvalue weighted by Gasteiger charge is 2.23. The van der Waals surface area contributed by atoms with Crippen molar-refractivity contribution in [1.29, 1.82) is 0 Å². The zero-order valence-electron chi connectivity index (χ0n) is 17.8. The van der Waals surface area contributed by atoms with E-state index in [2.05, 4.69) is 15.1 Å². The second-order valence-corrected chi connectivity index (χ2v) is 7.42. The first-order valence-electron chi connectivity index (χ1n) is 9.85. The predicted octanol–water partition coefficient (Wildman–Crippen LogP) is 3.20. The van der Waals surface area contributed by atoms with E-state index in [-0.39, 0.29) is 29.7 Å². The molecule has 31 heavy (non-hydrogen) atoms. The molecule has 2 heterocycles. The van der Waals surface area contributed by atoms with Gasteiger partial charge in [-0.15, -0.1) is 0 Å². The summed E-state index contributed by atoms with van der Waals surface area (Å²) in [5, 5.41) is 2.95. The molecule has 4 aromatic rings. The molecule has 0 bridgehead atoms. The predicted molar refractivity (Wildman–Crippen MR) is 118 cm³/mol. The highest BCUT2D eigenvalue weighted by molar-refractivity contribution is 6.05. The summed E-state index contributed by atoms with van der Waals surface area (Å²) >= 11 is 0. The number of methoxy groups -OCH3 is 1. The zero-order chi connectivity index (χ0) is 22.1. The molecule has 0 saturated carbocycles. The SMILES string of the molecule is COc1ccc(CN(C(=O)c2cccc(C)c2)c2nc3nc(C)c(C)c(=O)n3[nH]2)cc1. The molecule has 0 atom stereocenters. The van der Waals surface area contributed by atoms with Gasteiger partial charge in [-0.2, -0.15) is 9.50 Å². The van der Waals surface area contributed by atoms with Gasteiger partial charge in [-0.25, -0.2) is 4.98 Å². The number of anilines is 1. The number of benzene rings is 2. The number of ether oxygens (including phenoxy) is 1. The minimum absolute atomic E-state index is 0.222. The molecule has 0 fully saturated rings. The summed E-state index contributed by atoms with van der Waals surface area (Å²) in [5.41, 5.74) is 3.28. The average molecular weight is 417 g/mol. The minimum Gasteiger partial charge on any atom is -0.497 e. The van der Waals surface area contributed by atoms with Gasteiger partial charge in [0.2, 0.25) is 5.95 Å². The Kier molecular flexibility index (Phi) is 5.29. The standard InChI is InChI=1S/C23H23N5O3/c1-14-6-5-7-18(12-14)21(30)27(13-17-8-10-19(31-4)11-9-17)23-25-22-24-16(3)15(2)20(29)28(22)26-23/h5-12H,13H2,1-4H3,(H,24,25,26). The van der Waals surface area contributed by atoms with Crippen LogP contribution in [-0.4, -0.2) is 32.6 Å². The van der Waals surface area contributed by atoms with E-state index in [1.54, 1.807) is 27.0 Å². The third kappa shape index (κ3) is 3.92. The van der Waals surface area contributed by atoms with Crippen LogP contribution in [0.4, 0.5) is 5.95 Å². The van der Waals surface area contributed by atoms with Crippen LogP contribution >= 0.6 is 0 Å². The van der Waals surface area contributed by atoms with Gasteiger partial charge in [-0.1, -0.05) is 29.8 Å². The lowest BCUT2D eigenvalue weighted by Crippen LogP contribution is -2.31. The van der Waals surface area contributed by atoms with Crippen LogP contribution in [-0.2, 0) is 6.54 Å². The molecule has 0 saturated heterocycles. The van der Waals surface area contributed by atoms with Crippen molar-refractivity contribution in [1.82, 2.24) is 19.6 Å². The Morgan fingerprint density at radius 3 is 2.52 bits per heavy atom. The summed E-state index contributed by atoms with van der Waals surface area (Å²) in [6, 6.07) is 14.8. The number of carbonyl (C=O) groups excluding carboxylic acids is 1. The van der Waals surface area contributed by atoms with Gasteiger partial charge in [0.1, 0.15) is 5.75 Å². The van der Waals surface area contributed by atoms with Crippen molar-refractivity contribution < 1.29 is 9.53 Å². The number of aryl methyl sites for hydroxylation is 2. The van der Waals surface area contributed by atoms with Gasteiger partial charge in [-0.05, 0) is 50.6 Å². The van der Waals surface area contributed by atoms with E-state index in [0.717, 1.165) is 16.9 Å². The Balaban J connectivity index is 1.81. The molecule has 1 amide bonds. The fraction of sp³-hybridized carbons (Fsp3) is 0.217. The maximum atomic E-state index is 13.5. The fourth-order valence-corrected chi connectivity index (χ4v) is 3.30. The minimum atomic E-state index is -0.242. The Hall–Kier alpha value is -3.94. The number of aromatic nitrogens is 4. The molecule has 8 heteroatoms. The maximum absolute atomic E-state index is 13.5. The van der Waals surface area contributed by atoms with Gasteiger partial charge in [0, 0.05) is 16.8 Å². The molecule has 8 nitrogen and oxygen atoms in total.